The third-order valence-corrected chi connectivity index (χ3v) is 2.84. The molecular formula is C10H12BrFOS. The zero-order valence-corrected chi connectivity index (χ0v) is 10.3. The minimum Gasteiger partial charge on any atom is -0.490 e. The molecule has 4 heteroatoms. The van der Waals surface area contributed by atoms with Gasteiger partial charge in [0.15, 0.2) is 11.6 Å². The van der Waals surface area contributed by atoms with Crippen molar-refractivity contribution in [2.45, 2.75) is 6.92 Å². The third-order valence-electron chi connectivity index (χ3n) is 1.73. The monoisotopic (exact) mass is 278 g/mol. The molecule has 0 spiro atoms. The molecular weight excluding hydrogens is 267 g/mol. The molecule has 0 N–H and O–H groups in total. The van der Waals surface area contributed by atoms with E-state index in [0.29, 0.717) is 12.5 Å². The number of rotatable bonds is 4. The van der Waals surface area contributed by atoms with Gasteiger partial charge in [0.2, 0.25) is 0 Å². The molecule has 14 heavy (non-hydrogen) atoms. The van der Waals surface area contributed by atoms with Gasteiger partial charge in [0.1, 0.15) is 0 Å². The van der Waals surface area contributed by atoms with E-state index in [2.05, 4.69) is 28.6 Å². The first-order valence-electron chi connectivity index (χ1n) is 4.32. The second-order valence-corrected chi connectivity index (χ2v) is 4.45. The van der Waals surface area contributed by atoms with Gasteiger partial charge in [-0.15, -0.1) is 0 Å². The van der Waals surface area contributed by atoms with Gasteiger partial charge in [0.05, 0.1) is 6.61 Å². The largest absolute Gasteiger partial charge is 0.490 e. The normalized spacial score (nSPS) is 12.6. The molecule has 0 aliphatic heterocycles. The van der Waals surface area contributed by atoms with Gasteiger partial charge in [-0.3, -0.25) is 0 Å². The Balaban J connectivity index is 2.62. The van der Waals surface area contributed by atoms with Crippen LogP contribution < -0.4 is 4.74 Å². The first kappa shape index (κ1) is 11.9. The molecule has 0 saturated carbocycles. The van der Waals surface area contributed by atoms with Crippen molar-refractivity contribution >= 4 is 28.6 Å². The van der Waals surface area contributed by atoms with E-state index in [4.69, 9.17) is 4.74 Å². The summed E-state index contributed by atoms with van der Waals surface area (Å²) in [5.74, 6) is 1.000. The predicted molar refractivity (Wildman–Crippen MR) is 62.6 cm³/mol. The summed E-state index contributed by atoms with van der Waals surface area (Å²) < 4.78 is 19.3. The first-order chi connectivity index (χ1) is 6.63. The Morgan fingerprint density at radius 3 is 2.93 bits per heavy atom. The van der Waals surface area contributed by atoms with Gasteiger partial charge in [0, 0.05) is 4.47 Å². The number of ether oxygens (including phenoxy) is 1. The summed E-state index contributed by atoms with van der Waals surface area (Å²) in [7, 11) is 0. The first-order valence-corrected chi connectivity index (χ1v) is 5.74. The highest BCUT2D eigenvalue weighted by atomic mass is 79.9. The van der Waals surface area contributed by atoms with Crippen LogP contribution in [0.2, 0.25) is 0 Å². The Bertz CT molecular complexity index is 306. The fraction of sp³-hybridized carbons (Fsp3) is 0.400. The molecule has 0 radical (unpaired) electrons. The molecule has 1 rings (SSSR count). The quantitative estimate of drug-likeness (QED) is 0.829. The van der Waals surface area contributed by atoms with Crippen molar-refractivity contribution in [2.24, 2.45) is 5.92 Å². The minimum atomic E-state index is -0.334. The van der Waals surface area contributed by atoms with Crippen molar-refractivity contribution in [1.29, 1.82) is 0 Å². The molecule has 0 fully saturated rings. The molecule has 0 aliphatic rings. The summed E-state index contributed by atoms with van der Waals surface area (Å²) in [6.07, 6.45) is 0. The van der Waals surface area contributed by atoms with Crippen molar-refractivity contribution < 1.29 is 9.13 Å². The molecule has 0 aliphatic carbocycles. The van der Waals surface area contributed by atoms with E-state index in [9.17, 15) is 4.39 Å². The van der Waals surface area contributed by atoms with Gasteiger partial charge in [-0.2, -0.15) is 12.6 Å². The Kier molecular flexibility index (Phi) is 4.75. The molecule has 0 aromatic heterocycles. The molecule has 1 aromatic carbocycles. The van der Waals surface area contributed by atoms with Crippen LogP contribution in [0.1, 0.15) is 6.92 Å². The second kappa shape index (κ2) is 5.61. The zero-order valence-electron chi connectivity index (χ0n) is 7.84. The standard InChI is InChI=1S/C10H12BrFOS/c1-7(6-14)5-13-10-4-8(11)2-3-9(10)12/h2-4,7,14H,5-6H2,1H3. The Hall–Kier alpha value is -0.220. The molecule has 0 heterocycles. The van der Waals surface area contributed by atoms with Gasteiger partial charge in [-0.25, -0.2) is 4.39 Å². The van der Waals surface area contributed by atoms with Crippen molar-refractivity contribution in [3.63, 3.8) is 0 Å². The van der Waals surface area contributed by atoms with Gasteiger partial charge in [-0.1, -0.05) is 22.9 Å². The fourth-order valence-corrected chi connectivity index (χ4v) is 1.32. The highest BCUT2D eigenvalue weighted by molar-refractivity contribution is 9.10. The molecule has 78 valence electrons. The van der Waals surface area contributed by atoms with Gasteiger partial charge in [-0.05, 0) is 29.9 Å². The summed E-state index contributed by atoms with van der Waals surface area (Å²) in [5.41, 5.74) is 0. The lowest BCUT2D eigenvalue weighted by Gasteiger charge is -2.11. The van der Waals surface area contributed by atoms with Crippen molar-refractivity contribution in [2.75, 3.05) is 12.4 Å². The maximum atomic E-state index is 13.2. The Morgan fingerprint density at radius 2 is 2.29 bits per heavy atom. The maximum Gasteiger partial charge on any atom is 0.165 e. The lowest BCUT2D eigenvalue weighted by atomic mass is 10.2. The van der Waals surface area contributed by atoms with E-state index >= 15 is 0 Å². The van der Waals surface area contributed by atoms with Crippen LogP contribution in [0, 0.1) is 11.7 Å². The molecule has 0 saturated heterocycles. The van der Waals surface area contributed by atoms with Crippen LogP contribution in [-0.2, 0) is 0 Å². The number of hydrogen-bond acceptors (Lipinski definition) is 2. The van der Waals surface area contributed by atoms with Crippen LogP contribution in [0.15, 0.2) is 22.7 Å². The maximum absolute atomic E-state index is 13.2. The average Bonchev–Trinajstić information content (AvgIpc) is 2.19. The van der Waals surface area contributed by atoms with E-state index in [0.717, 1.165) is 10.2 Å². The third kappa shape index (κ3) is 3.50. The van der Waals surface area contributed by atoms with Crippen LogP contribution >= 0.6 is 28.6 Å². The van der Waals surface area contributed by atoms with E-state index < -0.39 is 0 Å². The second-order valence-electron chi connectivity index (χ2n) is 3.17. The zero-order chi connectivity index (χ0) is 10.6. The van der Waals surface area contributed by atoms with Crippen LogP contribution in [0.5, 0.6) is 5.75 Å². The molecule has 0 bridgehead atoms. The predicted octanol–water partition coefficient (Wildman–Crippen LogP) is 3.53. The minimum absolute atomic E-state index is 0.285. The number of halogens is 2. The smallest absolute Gasteiger partial charge is 0.165 e. The summed E-state index contributed by atoms with van der Waals surface area (Å²) in [6, 6.07) is 4.65. The van der Waals surface area contributed by atoms with Crippen molar-refractivity contribution in [3.8, 4) is 5.75 Å². The molecule has 0 amide bonds. The lowest BCUT2D eigenvalue weighted by Crippen LogP contribution is -2.10. The number of benzene rings is 1. The van der Waals surface area contributed by atoms with E-state index in [-0.39, 0.29) is 11.6 Å². The number of thiol groups is 1. The summed E-state index contributed by atoms with van der Waals surface area (Å²) in [4.78, 5) is 0. The fourth-order valence-electron chi connectivity index (χ4n) is 0.873. The van der Waals surface area contributed by atoms with Crippen LogP contribution in [0.3, 0.4) is 0 Å². The molecule has 1 nitrogen and oxygen atoms in total. The topological polar surface area (TPSA) is 9.23 Å². The van der Waals surface area contributed by atoms with E-state index in [1.807, 2.05) is 6.92 Å². The molecule has 1 atom stereocenters. The summed E-state index contributed by atoms with van der Waals surface area (Å²) in [6.45, 7) is 2.49. The summed E-state index contributed by atoms with van der Waals surface area (Å²) >= 11 is 7.38. The lowest BCUT2D eigenvalue weighted by molar-refractivity contribution is 0.261. The molecule has 1 unspecified atom stereocenters. The Labute approximate surface area is 97.2 Å². The van der Waals surface area contributed by atoms with E-state index in [1.165, 1.54) is 6.07 Å². The van der Waals surface area contributed by atoms with Crippen LogP contribution in [-0.4, -0.2) is 12.4 Å². The average molecular weight is 279 g/mol. The van der Waals surface area contributed by atoms with Gasteiger partial charge in [0.25, 0.3) is 0 Å². The SMILES string of the molecule is CC(CS)COc1cc(Br)ccc1F. The summed E-state index contributed by atoms with van der Waals surface area (Å²) in [5, 5.41) is 0. The van der Waals surface area contributed by atoms with Crippen molar-refractivity contribution in [1.82, 2.24) is 0 Å². The van der Waals surface area contributed by atoms with Gasteiger partial charge >= 0.3 is 0 Å². The van der Waals surface area contributed by atoms with E-state index in [1.54, 1.807) is 12.1 Å². The van der Waals surface area contributed by atoms with Crippen LogP contribution in [0.4, 0.5) is 4.39 Å². The Morgan fingerprint density at radius 1 is 1.57 bits per heavy atom. The number of hydrogen-bond donors (Lipinski definition) is 1. The van der Waals surface area contributed by atoms with Crippen LogP contribution in [0.25, 0.3) is 0 Å². The highest BCUT2D eigenvalue weighted by Crippen LogP contribution is 2.22. The molecule has 1 aromatic rings. The highest BCUT2D eigenvalue weighted by Gasteiger charge is 2.06. The van der Waals surface area contributed by atoms with Crippen molar-refractivity contribution in [3.05, 3.63) is 28.5 Å². The van der Waals surface area contributed by atoms with Gasteiger partial charge < -0.3 is 4.74 Å².